The first-order valence-corrected chi connectivity index (χ1v) is 15.9. The van der Waals surface area contributed by atoms with Gasteiger partial charge in [0.2, 0.25) is 8.67 Å². The van der Waals surface area contributed by atoms with Gasteiger partial charge in [-0.15, -0.1) is 0 Å². The van der Waals surface area contributed by atoms with Crippen LogP contribution in [0.25, 0.3) is 21.9 Å². The second-order valence-electron chi connectivity index (χ2n) is 8.15. The lowest BCUT2D eigenvalue weighted by Crippen LogP contribution is -2.38. The van der Waals surface area contributed by atoms with E-state index in [1.807, 2.05) is 0 Å². The van der Waals surface area contributed by atoms with Crippen LogP contribution in [-0.2, 0) is 0 Å². The molecule has 0 saturated heterocycles. The van der Waals surface area contributed by atoms with E-state index in [-0.39, 0.29) is 8.67 Å². The number of benzene rings is 2. The van der Waals surface area contributed by atoms with Crippen LogP contribution in [0, 0.1) is 0 Å². The molecule has 0 bridgehead atoms. The van der Waals surface area contributed by atoms with Crippen LogP contribution in [0.4, 0.5) is 0 Å². The van der Waals surface area contributed by atoms with Crippen LogP contribution in [0.3, 0.4) is 0 Å². The van der Waals surface area contributed by atoms with Gasteiger partial charge in [-0.25, -0.2) is 0 Å². The predicted octanol–water partition coefficient (Wildman–Crippen LogP) is 5.43. The summed E-state index contributed by atoms with van der Waals surface area (Å²) in [7, 11) is -2.92. The van der Waals surface area contributed by atoms with E-state index in [4.69, 9.17) is 8.39 Å². The Labute approximate surface area is 141 Å². The lowest BCUT2D eigenvalue weighted by molar-refractivity contribution is 0.665. The zero-order valence-corrected chi connectivity index (χ0v) is 17.8. The fourth-order valence-corrected chi connectivity index (χ4v) is 6.78. The molecule has 0 saturated carbocycles. The third kappa shape index (κ3) is 3.08. The summed E-state index contributed by atoms with van der Waals surface area (Å²) in [6.45, 7) is 14.2. The van der Waals surface area contributed by atoms with Crippen LogP contribution in [-0.4, -0.2) is 16.1 Å². The summed E-state index contributed by atoms with van der Waals surface area (Å²) in [5, 5.41) is 5.12. The third-order valence-electron chi connectivity index (χ3n) is 4.22. The molecule has 1 aromatic heterocycles. The molecule has 1 heterocycles. The van der Waals surface area contributed by atoms with Gasteiger partial charge in [-0.3, -0.25) is 0 Å². The van der Waals surface area contributed by atoms with Crippen LogP contribution in [0.15, 0.2) is 44.8 Å². The second kappa shape index (κ2) is 5.69. The van der Waals surface area contributed by atoms with E-state index in [9.17, 15) is 0 Å². The van der Waals surface area contributed by atoms with Crippen molar-refractivity contribution in [1.82, 2.24) is 0 Å². The standard InChI is InChI=1S/C18H25O2PSi2/c1-22(2,3)15-11-7-9-13-14-10-8-12-16(23(4,5)6)18(14)20-21-19-17(13)15/h7-12,21H,1-6H3. The van der Waals surface area contributed by atoms with Gasteiger partial charge >= 0.3 is 0 Å². The van der Waals surface area contributed by atoms with Crippen LogP contribution >= 0.6 is 8.67 Å². The van der Waals surface area contributed by atoms with E-state index in [1.165, 1.54) is 21.1 Å². The molecule has 0 radical (unpaired) electrons. The van der Waals surface area contributed by atoms with Gasteiger partial charge in [0.25, 0.3) is 0 Å². The molecule has 0 amide bonds. The van der Waals surface area contributed by atoms with Crippen molar-refractivity contribution in [2.24, 2.45) is 0 Å². The normalized spacial score (nSPS) is 12.8. The minimum atomic E-state index is -1.47. The van der Waals surface area contributed by atoms with Crippen molar-refractivity contribution in [2.75, 3.05) is 0 Å². The van der Waals surface area contributed by atoms with E-state index < -0.39 is 16.1 Å². The maximum atomic E-state index is 6.11. The quantitative estimate of drug-likeness (QED) is 0.570. The van der Waals surface area contributed by atoms with Crippen molar-refractivity contribution in [3.05, 3.63) is 36.4 Å². The largest absolute Gasteiger partial charge is 0.421 e. The van der Waals surface area contributed by atoms with Crippen molar-refractivity contribution >= 4 is 57.1 Å². The second-order valence-corrected chi connectivity index (χ2v) is 18.8. The molecule has 0 atom stereocenters. The Morgan fingerprint density at radius 2 is 1.04 bits per heavy atom. The van der Waals surface area contributed by atoms with Crippen molar-refractivity contribution in [3.63, 3.8) is 0 Å². The van der Waals surface area contributed by atoms with Crippen molar-refractivity contribution in [1.29, 1.82) is 0 Å². The molecule has 0 unspecified atom stereocenters. The first kappa shape index (κ1) is 16.6. The number of rotatable bonds is 2. The minimum Gasteiger partial charge on any atom is -0.421 e. The summed E-state index contributed by atoms with van der Waals surface area (Å²) >= 11 is 0. The third-order valence-corrected chi connectivity index (χ3v) is 8.82. The molecule has 23 heavy (non-hydrogen) atoms. The summed E-state index contributed by atoms with van der Waals surface area (Å²) in [5.74, 6) is 0. The first-order chi connectivity index (χ1) is 10.7. The van der Waals surface area contributed by atoms with Crippen LogP contribution in [0.5, 0.6) is 0 Å². The Bertz CT molecular complexity index is 829. The van der Waals surface area contributed by atoms with E-state index in [1.54, 1.807) is 0 Å². The monoisotopic (exact) mass is 360 g/mol. The van der Waals surface area contributed by atoms with Gasteiger partial charge in [0, 0.05) is 10.8 Å². The van der Waals surface area contributed by atoms with Crippen molar-refractivity contribution < 1.29 is 8.39 Å². The highest BCUT2D eigenvalue weighted by atomic mass is 31.1. The molecule has 0 aliphatic carbocycles. The van der Waals surface area contributed by atoms with E-state index in [0.717, 1.165) is 11.2 Å². The molecule has 3 aromatic rings. The first-order valence-electron chi connectivity index (χ1n) is 8.05. The fraction of sp³-hybridized carbons (Fsp3) is 0.333. The molecule has 2 nitrogen and oxygen atoms in total. The molecule has 0 aliphatic heterocycles. The van der Waals surface area contributed by atoms with Gasteiger partial charge in [-0.05, 0) is 10.4 Å². The lowest BCUT2D eigenvalue weighted by Gasteiger charge is -2.18. The maximum Gasteiger partial charge on any atom is 0.201 e. The lowest BCUT2D eigenvalue weighted by atomic mass is 10.1. The number of para-hydroxylation sites is 2. The van der Waals surface area contributed by atoms with Crippen LogP contribution in [0.1, 0.15) is 0 Å². The molecule has 0 fully saturated rings. The molecule has 122 valence electrons. The zero-order chi connectivity index (χ0) is 16.8. The maximum absolute atomic E-state index is 6.11. The Kier molecular flexibility index (Phi) is 4.11. The van der Waals surface area contributed by atoms with Gasteiger partial charge in [0.05, 0.1) is 16.1 Å². The van der Waals surface area contributed by atoms with E-state index in [0.29, 0.717) is 0 Å². The van der Waals surface area contributed by atoms with Gasteiger partial charge < -0.3 is 8.39 Å². The summed E-state index contributed by atoms with van der Waals surface area (Å²) in [6.07, 6.45) is 0. The predicted molar refractivity (Wildman–Crippen MR) is 109 cm³/mol. The minimum absolute atomic E-state index is 0.0241. The molecular weight excluding hydrogens is 335 g/mol. The Balaban J connectivity index is 2.52. The molecule has 5 heteroatoms. The average molecular weight is 361 g/mol. The topological polar surface area (TPSA) is 26.3 Å². The summed E-state index contributed by atoms with van der Waals surface area (Å²) in [6, 6.07) is 13.1. The number of hydrogen-bond donors (Lipinski definition) is 0. The Hall–Kier alpha value is -1.23. The van der Waals surface area contributed by atoms with Crippen LogP contribution in [0.2, 0.25) is 39.3 Å². The summed E-state index contributed by atoms with van der Waals surface area (Å²) in [4.78, 5) is 0. The molecule has 3 rings (SSSR count). The molecule has 0 spiro atoms. The fourth-order valence-electron chi connectivity index (χ4n) is 3.00. The average Bonchev–Trinajstić information content (AvgIpc) is 2.63. The van der Waals surface area contributed by atoms with Gasteiger partial charge in [0.15, 0.2) is 0 Å². The summed E-state index contributed by atoms with van der Waals surface area (Å²) in [5.41, 5.74) is 2.08. The van der Waals surface area contributed by atoms with Crippen molar-refractivity contribution in [2.45, 2.75) is 39.3 Å². The number of hydrogen-bond acceptors (Lipinski definition) is 2. The summed E-state index contributed by atoms with van der Waals surface area (Å²) < 4.78 is 12.2. The molecule has 2 aromatic carbocycles. The van der Waals surface area contributed by atoms with Crippen molar-refractivity contribution in [3.8, 4) is 0 Å². The zero-order valence-electron chi connectivity index (χ0n) is 14.8. The van der Waals surface area contributed by atoms with E-state index >= 15 is 0 Å². The van der Waals surface area contributed by atoms with Gasteiger partial charge in [-0.1, -0.05) is 75.7 Å². The van der Waals surface area contributed by atoms with Gasteiger partial charge in [-0.2, -0.15) is 0 Å². The molecule has 0 aliphatic rings. The smallest absolute Gasteiger partial charge is 0.201 e. The van der Waals surface area contributed by atoms with E-state index in [2.05, 4.69) is 75.7 Å². The highest BCUT2D eigenvalue weighted by Crippen LogP contribution is 2.27. The van der Waals surface area contributed by atoms with Gasteiger partial charge in [0.1, 0.15) is 11.2 Å². The molecule has 0 N–H and O–H groups in total. The SMILES string of the molecule is C[Si](C)(C)c1cccc2c1o[pH]oc1c([Si](C)(C)C)cccc12. The Morgan fingerprint density at radius 1 is 0.652 bits per heavy atom. The molecular formula is C18H25O2PSi2. The highest BCUT2D eigenvalue weighted by molar-refractivity contribution is 7.15. The Morgan fingerprint density at radius 3 is 1.39 bits per heavy atom. The number of fused-ring (bicyclic) bond motifs is 3. The van der Waals surface area contributed by atoms with Crippen LogP contribution < -0.4 is 10.4 Å². The highest BCUT2D eigenvalue weighted by Gasteiger charge is 2.23.